The summed E-state index contributed by atoms with van der Waals surface area (Å²) in [6.07, 6.45) is 0.330. The number of benzene rings is 2. The van der Waals surface area contributed by atoms with Gasteiger partial charge in [-0.25, -0.2) is 9.03 Å². The number of hydrogen-bond donors (Lipinski definition) is 3. The maximum absolute atomic E-state index is 11.9. The Morgan fingerprint density at radius 2 is 1.96 bits per heavy atom. The maximum Gasteiger partial charge on any atom is 0.326 e. The molecule has 0 unspecified atom stereocenters. The van der Waals surface area contributed by atoms with Crippen LogP contribution in [0.25, 0.3) is 0 Å². The molecule has 1 fully saturated rings. The van der Waals surface area contributed by atoms with Gasteiger partial charge in [0.25, 0.3) is 5.91 Å². The fourth-order valence-corrected chi connectivity index (χ4v) is 3.85. The number of amides is 2. The predicted octanol–water partition coefficient (Wildman–Crippen LogP) is 0.263. The largest absolute Gasteiger partial charge is 0.506 e. The molecule has 2 amide bonds. The minimum Gasteiger partial charge on any atom is -0.506 e. The number of anilines is 1. The SMILES string of the molecule is NC(=O)c1ccccc1Cc1ccc(N2CC(=O)NS2(=O)=O)c(O)c1. The molecule has 130 valence electrons. The molecule has 1 heterocycles. The Morgan fingerprint density at radius 3 is 2.56 bits per heavy atom. The van der Waals surface area contributed by atoms with Gasteiger partial charge in [-0.3, -0.25) is 9.59 Å². The first-order valence-corrected chi connectivity index (χ1v) is 8.75. The summed E-state index contributed by atoms with van der Waals surface area (Å²) in [5, 5.41) is 10.2. The van der Waals surface area contributed by atoms with Crippen molar-refractivity contribution in [2.75, 3.05) is 10.8 Å². The highest BCUT2D eigenvalue weighted by atomic mass is 32.2. The van der Waals surface area contributed by atoms with Crippen molar-refractivity contribution in [1.29, 1.82) is 0 Å². The molecule has 25 heavy (non-hydrogen) atoms. The van der Waals surface area contributed by atoms with Crippen LogP contribution in [0.3, 0.4) is 0 Å². The fraction of sp³-hybridized carbons (Fsp3) is 0.125. The van der Waals surface area contributed by atoms with Crippen LogP contribution in [0.1, 0.15) is 21.5 Å². The Bertz CT molecular complexity index is 971. The van der Waals surface area contributed by atoms with E-state index in [4.69, 9.17) is 5.73 Å². The van der Waals surface area contributed by atoms with E-state index in [-0.39, 0.29) is 18.0 Å². The standard InChI is InChI=1S/C16H15N3O5S/c17-16(22)12-4-2-1-3-11(12)7-10-5-6-13(14(20)8-10)19-9-15(21)18-25(19,23)24/h1-6,8,20H,7,9H2,(H2,17,22)(H,18,21). The van der Waals surface area contributed by atoms with Crippen molar-refractivity contribution in [2.24, 2.45) is 5.73 Å². The molecule has 2 aromatic carbocycles. The van der Waals surface area contributed by atoms with Crippen molar-refractivity contribution in [3.05, 3.63) is 59.2 Å². The molecular weight excluding hydrogens is 346 g/mol. The van der Waals surface area contributed by atoms with E-state index in [1.165, 1.54) is 12.1 Å². The molecule has 1 aliphatic rings. The zero-order chi connectivity index (χ0) is 18.2. The predicted molar refractivity (Wildman–Crippen MR) is 90.3 cm³/mol. The second-order valence-corrected chi connectivity index (χ2v) is 7.15. The van der Waals surface area contributed by atoms with E-state index < -0.39 is 22.0 Å². The zero-order valence-electron chi connectivity index (χ0n) is 13.0. The van der Waals surface area contributed by atoms with Gasteiger partial charge < -0.3 is 10.8 Å². The molecule has 0 saturated carbocycles. The number of nitrogens with one attached hydrogen (secondary N) is 1. The van der Waals surface area contributed by atoms with E-state index >= 15 is 0 Å². The average Bonchev–Trinajstić information content (AvgIpc) is 2.80. The zero-order valence-corrected chi connectivity index (χ0v) is 13.8. The summed E-state index contributed by atoms with van der Waals surface area (Å²) < 4.78 is 26.3. The number of rotatable bonds is 4. The molecule has 4 N–H and O–H groups in total. The van der Waals surface area contributed by atoms with Gasteiger partial charge in [0.15, 0.2) is 0 Å². The number of nitrogens with two attached hydrogens (primary N) is 1. The van der Waals surface area contributed by atoms with Crippen molar-refractivity contribution >= 4 is 27.7 Å². The van der Waals surface area contributed by atoms with Gasteiger partial charge in [-0.15, -0.1) is 0 Å². The van der Waals surface area contributed by atoms with Crippen LogP contribution in [0.15, 0.2) is 42.5 Å². The minimum absolute atomic E-state index is 0.00489. The van der Waals surface area contributed by atoms with Crippen molar-refractivity contribution in [3.63, 3.8) is 0 Å². The molecule has 0 aromatic heterocycles. The number of phenols is 1. The van der Waals surface area contributed by atoms with Crippen LogP contribution < -0.4 is 14.8 Å². The Hall–Kier alpha value is -3.07. The molecule has 3 rings (SSSR count). The number of nitrogens with zero attached hydrogens (tertiary/aromatic N) is 1. The van der Waals surface area contributed by atoms with E-state index in [2.05, 4.69) is 0 Å². The van der Waals surface area contributed by atoms with Crippen LogP contribution in [0, 0.1) is 0 Å². The first-order chi connectivity index (χ1) is 11.8. The third-order valence-corrected chi connectivity index (χ3v) is 5.20. The maximum atomic E-state index is 11.9. The normalized spacial score (nSPS) is 15.8. The fourth-order valence-electron chi connectivity index (χ4n) is 2.69. The average molecular weight is 361 g/mol. The first kappa shape index (κ1) is 16.8. The van der Waals surface area contributed by atoms with Crippen LogP contribution in [0.5, 0.6) is 5.75 Å². The smallest absolute Gasteiger partial charge is 0.326 e. The van der Waals surface area contributed by atoms with Gasteiger partial charge in [0.05, 0.1) is 5.69 Å². The molecular formula is C16H15N3O5S. The summed E-state index contributed by atoms with van der Waals surface area (Å²) in [5.74, 6) is -1.50. The lowest BCUT2D eigenvalue weighted by atomic mass is 9.99. The molecule has 8 nitrogen and oxygen atoms in total. The van der Waals surface area contributed by atoms with Crippen LogP contribution in [-0.2, 0) is 21.4 Å². The molecule has 0 spiro atoms. The van der Waals surface area contributed by atoms with E-state index in [0.717, 1.165) is 4.31 Å². The Morgan fingerprint density at radius 1 is 1.24 bits per heavy atom. The lowest BCUT2D eigenvalue weighted by molar-refractivity contribution is -0.117. The molecule has 0 bridgehead atoms. The van der Waals surface area contributed by atoms with E-state index in [0.29, 0.717) is 23.1 Å². The second kappa shape index (κ2) is 6.10. The Labute approximate surface area is 144 Å². The van der Waals surface area contributed by atoms with Crippen molar-refractivity contribution in [2.45, 2.75) is 6.42 Å². The summed E-state index contributed by atoms with van der Waals surface area (Å²) in [4.78, 5) is 22.8. The minimum atomic E-state index is -3.99. The van der Waals surface area contributed by atoms with Gasteiger partial charge in [-0.05, 0) is 35.7 Å². The van der Waals surface area contributed by atoms with Gasteiger partial charge in [-0.2, -0.15) is 8.42 Å². The third-order valence-electron chi connectivity index (χ3n) is 3.81. The molecule has 1 aliphatic heterocycles. The number of aromatic hydroxyl groups is 1. The summed E-state index contributed by atoms with van der Waals surface area (Å²) in [6.45, 7) is -0.389. The molecule has 0 aliphatic carbocycles. The van der Waals surface area contributed by atoms with Crippen molar-refractivity contribution < 1.29 is 23.1 Å². The number of carbonyl (C=O) groups is 2. The lowest BCUT2D eigenvalue weighted by Crippen LogP contribution is -2.29. The summed E-state index contributed by atoms with van der Waals surface area (Å²) in [7, 11) is -3.99. The van der Waals surface area contributed by atoms with Gasteiger partial charge in [0.2, 0.25) is 5.91 Å². The van der Waals surface area contributed by atoms with E-state index in [1.54, 1.807) is 30.3 Å². The highest BCUT2D eigenvalue weighted by Crippen LogP contribution is 2.32. The van der Waals surface area contributed by atoms with Crippen LogP contribution in [0.2, 0.25) is 0 Å². The first-order valence-electron chi connectivity index (χ1n) is 7.31. The highest BCUT2D eigenvalue weighted by molar-refractivity contribution is 7.92. The molecule has 0 radical (unpaired) electrons. The van der Waals surface area contributed by atoms with Crippen LogP contribution in [0.4, 0.5) is 5.69 Å². The third kappa shape index (κ3) is 3.26. The van der Waals surface area contributed by atoms with Gasteiger partial charge in [0, 0.05) is 5.56 Å². The van der Waals surface area contributed by atoms with Gasteiger partial charge in [-0.1, -0.05) is 24.3 Å². The molecule has 2 aromatic rings. The topological polar surface area (TPSA) is 130 Å². The van der Waals surface area contributed by atoms with Crippen LogP contribution in [-0.4, -0.2) is 31.9 Å². The number of primary amides is 1. The number of phenolic OH excluding ortho intramolecular Hbond substituents is 1. The van der Waals surface area contributed by atoms with Gasteiger partial charge in [0.1, 0.15) is 12.3 Å². The monoisotopic (exact) mass is 361 g/mol. The number of carbonyl (C=O) groups excluding carboxylic acids is 2. The molecule has 0 atom stereocenters. The lowest BCUT2D eigenvalue weighted by Gasteiger charge is -2.17. The van der Waals surface area contributed by atoms with E-state index in [1.807, 2.05) is 4.72 Å². The van der Waals surface area contributed by atoms with E-state index in [9.17, 15) is 23.1 Å². The number of hydrogen-bond acceptors (Lipinski definition) is 5. The highest BCUT2D eigenvalue weighted by Gasteiger charge is 2.35. The summed E-state index contributed by atoms with van der Waals surface area (Å²) in [5.41, 5.74) is 7.08. The second-order valence-electron chi connectivity index (χ2n) is 5.56. The van der Waals surface area contributed by atoms with Crippen molar-refractivity contribution in [1.82, 2.24) is 4.72 Å². The summed E-state index contributed by atoms with van der Waals surface area (Å²) >= 11 is 0. The Balaban J connectivity index is 1.91. The quantitative estimate of drug-likeness (QED) is 0.719. The Kier molecular flexibility index (Phi) is 4.09. The van der Waals surface area contributed by atoms with Gasteiger partial charge >= 0.3 is 10.2 Å². The molecule has 9 heteroatoms. The van der Waals surface area contributed by atoms with Crippen molar-refractivity contribution in [3.8, 4) is 5.75 Å². The summed E-state index contributed by atoms with van der Waals surface area (Å²) in [6, 6.07) is 11.3. The van der Waals surface area contributed by atoms with Crippen LogP contribution >= 0.6 is 0 Å². The molecule has 1 saturated heterocycles.